The summed E-state index contributed by atoms with van der Waals surface area (Å²) in [7, 11) is 0. The number of hydrogen-bond acceptors (Lipinski definition) is 9. The molecule has 0 bridgehead atoms. The van der Waals surface area contributed by atoms with Gasteiger partial charge < -0.3 is 9.36 Å². The molecule has 3 aromatic heterocycles. The van der Waals surface area contributed by atoms with E-state index >= 15 is 0 Å². The summed E-state index contributed by atoms with van der Waals surface area (Å²) in [6.45, 7) is 6.62. The largest absolute Gasteiger partial charge is 0.367 e. The highest BCUT2D eigenvalue weighted by atomic mass is 19.1. The second-order valence-electron chi connectivity index (χ2n) is 9.68. The quantitative estimate of drug-likeness (QED) is 0.405. The van der Waals surface area contributed by atoms with Crippen molar-refractivity contribution in [2.24, 2.45) is 5.41 Å². The van der Waals surface area contributed by atoms with E-state index in [0.29, 0.717) is 43.1 Å². The highest BCUT2D eigenvalue weighted by Gasteiger charge is 2.31. The van der Waals surface area contributed by atoms with Crippen LogP contribution in [0, 0.1) is 11.2 Å². The Bertz CT molecular complexity index is 1360. The summed E-state index contributed by atoms with van der Waals surface area (Å²) >= 11 is 0. The fraction of sp³-hybridized carbons (Fsp3) is 0.360. The van der Waals surface area contributed by atoms with Crippen LogP contribution in [-0.4, -0.2) is 54.2 Å². The molecular formula is C25H26FN7O3. The summed E-state index contributed by atoms with van der Waals surface area (Å²) in [5, 5.41) is 14.4. The van der Waals surface area contributed by atoms with Gasteiger partial charge in [-0.05, 0) is 57.9 Å². The van der Waals surface area contributed by atoms with Crippen molar-refractivity contribution in [1.29, 1.82) is 0 Å². The van der Waals surface area contributed by atoms with Crippen molar-refractivity contribution >= 4 is 5.97 Å². The van der Waals surface area contributed by atoms with Crippen LogP contribution in [0.1, 0.15) is 45.4 Å². The number of para-hydroxylation sites is 1. The van der Waals surface area contributed by atoms with Crippen LogP contribution >= 0.6 is 0 Å². The van der Waals surface area contributed by atoms with Crippen LogP contribution in [-0.2, 0) is 9.63 Å². The summed E-state index contributed by atoms with van der Waals surface area (Å²) in [4.78, 5) is 26.4. The molecule has 4 heterocycles. The number of nitrogens with zero attached hydrogens (tertiary/aromatic N) is 7. The van der Waals surface area contributed by atoms with Crippen LogP contribution in [0.15, 0.2) is 53.3 Å². The van der Waals surface area contributed by atoms with Crippen LogP contribution in [0.4, 0.5) is 4.39 Å². The van der Waals surface area contributed by atoms with Gasteiger partial charge in [0.05, 0.1) is 5.41 Å². The first-order valence-electron chi connectivity index (χ1n) is 11.7. The first-order chi connectivity index (χ1) is 17.3. The Labute approximate surface area is 207 Å². The highest BCUT2D eigenvalue weighted by molar-refractivity contribution is 5.75. The Morgan fingerprint density at radius 1 is 1.11 bits per heavy atom. The zero-order chi connectivity index (χ0) is 25.3. The molecule has 0 amide bonds. The van der Waals surface area contributed by atoms with Gasteiger partial charge in [-0.1, -0.05) is 22.5 Å². The van der Waals surface area contributed by atoms with Gasteiger partial charge in [0.15, 0.2) is 11.5 Å². The van der Waals surface area contributed by atoms with Crippen LogP contribution in [0.2, 0.25) is 0 Å². The Kier molecular flexibility index (Phi) is 6.31. The molecule has 1 saturated heterocycles. The molecule has 5 rings (SSSR count). The molecular weight excluding hydrogens is 465 g/mol. The number of pyridine rings is 1. The van der Waals surface area contributed by atoms with E-state index in [0.717, 1.165) is 5.56 Å². The monoisotopic (exact) mass is 491 g/mol. The molecule has 0 aliphatic carbocycles. The Balaban J connectivity index is 1.40. The van der Waals surface area contributed by atoms with Crippen LogP contribution < -0.4 is 0 Å². The van der Waals surface area contributed by atoms with Gasteiger partial charge >= 0.3 is 5.97 Å². The first-order valence-corrected chi connectivity index (χ1v) is 11.7. The van der Waals surface area contributed by atoms with E-state index in [2.05, 4.69) is 25.4 Å². The molecule has 4 aromatic rings. The van der Waals surface area contributed by atoms with Crippen molar-refractivity contribution in [3.63, 3.8) is 0 Å². The van der Waals surface area contributed by atoms with Gasteiger partial charge in [-0.2, -0.15) is 4.98 Å². The molecule has 1 aromatic carbocycles. The van der Waals surface area contributed by atoms with E-state index in [1.54, 1.807) is 47.8 Å². The van der Waals surface area contributed by atoms with Crippen molar-refractivity contribution in [2.45, 2.75) is 39.5 Å². The van der Waals surface area contributed by atoms with Crippen molar-refractivity contribution in [3.05, 3.63) is 60.4 Å². The second-order valence-corrected chi connectivity index (χ2v) is 9.68. The van der Waals surface area contributed by atoms with E-state index in [4.69, 9.17) is 9.36 Å². The molecule has 0 unspecified atom stereocenters. The Morgan fingerprint density at radius 2 is 1.83 bits per heavy atom. The van der Waals surface area contributed by atoms with Gasteiger partial charge in [0.1, 0.15) is 17.2 Å². The third-order valence-electron chi connectivity index (χ3n) is 5.99. The predicted molar refractivity (Wildman–Crippen MR) is 127 cm³/mol. The maximum absolute atomic E-state index is 14.6. The summed E-state index contributed by atoms with van der Waals surface area (Å²) in [5.41, 5.74) is 1.27. The normalized spacial score (nSPS) is 15.2. The summed E-state index contributed by atoms with van der Waals surface area (Å²) in [6.07, 6.45) is 4.68. The van der Waals surface area contributed by atoms with Gasteiger partial charge in [0, 0.05) is 37.0 Å². The number of piperidine rings is 1. The number of halogens is 1. The van der Waals surface area contributed by atoms with E-state index in [1.807, 2.05) is 20.8 Å². The minimum atomic E-state index is -0.563. The number of rotatable bonds is 5. The number of hydrogen-bond donors (Lipinski definition) is 0. The summed E-state index contributed by atoms with van der Waals surface area (Å²) < 4.78 is 21.6. The molecule has 0 radical (unpaired) electrons. The van der Waals surface area contributed by atoms with Crippen LogP contribution in [0.5, 0.6) is 0 Å². The molecule has 10 nitrogen and oxygen atoms in total. The van der Waals surface area contributed by atoms with Gasteiger partial charge in [-0.25, -0.2) is 13.9 Å². The maximum atomic E-state index is 14.6. The molecule has 0 saturated carbocycles. The molecule has 1 aliphatic heterocycles. The summed E-state index contributed by atoms with van der Waals surface area (Å²) in [5.74, 6) is 0.0887. The molecule has 11 heteroatoms. The van der Waals surface area contributed by atoms with Gasteiger partial charge in [-0.15, -0.1) is 10.2 Å². The second kappa shape index (κ2) is 9.57. The average molecular weight is 492 g/mol. The standard InChI is InChI=1S/C25H26FN7O3/c1-25(2,3)24(34)36-32-14-10-17(11-15-32)22-28-23(35-30-22)20-21(16-8-12-27-13-9-16)33(31-29-20)19-7-5-4-6-18(19)26/h4-9,12-13,17H,10-11,14-15H2,1-3H3. The van der Waals surface area contributed by atoms with E-state index in [-0.39, 0.29) is 23.5 Å². The number of benzene rings is 1. The Morgan fingerprint density at radius 3 is 2.53 bits per heavy atom. The van der Waals surface area contributed by atoms with E-state index in [9.17, 15) is 9.18 Å². The van der Waals surface area contributed by atoms with Crippen molar-refractivity contribution in [3.8, 4) is 28.5 Å². The first kappa shape index (κ1) is 23.7. The molecule has 186 valence electrons. The highest BCUT2D eigenvalue weighted by Crippen LogP contribution is 2.34. The predicted octanol–water partition coefficient (Wildman–Crippen LogP) is 4.20. The third-order valence-corrected chi connectivity index (χ3v) is 5.99. The van der Waals surface area contributed by atoms with Crippen molar-refractivity contribution in [1.82, 2.24) is 35.2 Å². The maximum Gasteiger partial charge on any atom is 0.330 e. The molecule has 0 atom stereocenters. The lowest BCUT2D eigenvalue weighted by atomic mass is 9.96. The number of carbonyl (C=O) groups excluding carboxylic acids is 1. The molecule has 36 heavy (non-hydrogen) atoms. The number of aromatic nitrogens is 6. The lowest BCUT2D eigenvalue weighted by Gasteiger charge is -2.30. The number of hydroxylamine groups is 2. The van der Waals surface area contributed by atoms with Gasteiger partial charge in [-0.3, -0.25) is 4.98 Å². The molecule has 0 N–H and O–H groups in total. The van der Waals surface area contributed by atoms with Crippen LogP contribution in [0.25, 0.3) is 28.5 Å². The van der Waals surface area contributed by atoms with E-state index < -0.39 is 11.2 Å². The minimum absolute atomic E-state index is 0.0399. The average Bonchev–Trinajstić information content (AvgIpc) is 3.52. The van der Waals surface area contributed by atoms with Crippen LogP contribution in [0.3, 0.4) is 0 Å². The molecule has 1 fully saturated rings. The van der Waals surface area contributed by atoms with Gasteiger partial charge in [0.2, 0.25) is 0 Å². The lowest BCUT2D eigenvalue weighted by Crippen LogP contribution is -2.38. The lowest BCUT2D eigenvalue weighted by molar-refractivity contribution is -0.204. The molecule has 0 spiro atoms. The summed E-state index contributed by atoms with van der Waals surface area (Å²) in [6, 6.07) is 9.90. The SMILES string of the molecule is CC(C)(C)C(=O)ON1CCC(c2noc(-c3nnn(-c4ccccc4F)c3-c3ccncc3)n2)CC1. The fourth-order valence-electron chi connectivity index (χ4n) is 3.94. The smallest absolute Gasteiger partial charge is 0.330 e. The number of carbonyl (C=O) groups is 1. The zero-order valence-electron chi connectivity index (χ0n) is 20.3. The fourth-order valence-corrected chi connectivity index (χ4v) is 3.94. The minimum Gasteiger partial charge on any atom is -0.367 e. The van der Waals surface area contributed by atoms with Gasteiger partial charge in [0.25, 0.3) is 5.89 Å². The molecule has 1 aliphatic rings. The topological polar surface area (TPSA) is 112 Å². The van der Waals surface area contributed by atoms with Crippen molar-refractivity contribution < 1.29 is 18.5 Å². The third kappa shape index (κ3) is 4.74. The van der Waals surface area contributed by atoms with Crippen molar-refractivity contribution in [2.75, 3.05) is 13.1 Å². The zero-order valence-corrected chi connectivity index (χ0v) is 20.3. The Hall–Kier alpha value is -3.99. The van der Waals surface area contributed by atoms with E-state index in [1.165, 1.54) is 10.7 Å².